The zero-order chi connectivity index (χ0) is 9.68. The van der Waals surface area contributed by atoms with Gasteiger partial charge in [-0.15, -0.1) is 0 Å². The Balaban J connectivity index is 2.59. The molecule has 0 unspecified atom stereocenters. The summed E-state index contributed by atoms with van der Waals surface area (Å²) in [6.07, 6.45) is 0. The third kappa shape index (κ3) is 3.42. The van der Waals surface area contributed by atoms with E-state index in [4.69, 9.17) is 11.6 Å². The van der Waals surface area contributed by atoms with Crippen molar-refractivity contribution >= 4 is 5.69 Å². The molecule has 0 bridgehead atoms. The molecule has 1 aromatic carbocycles. The predicted molar refractivity (Wildman–Crippen MR) is 54.8 cm³/mol. The molecule has 4 nitrogen and oxygen atoms in total. The molecule has 4 heteroatoms. The summed E-state index contributed by atoms with van der Waals surface area (Å²) in [5.74, 6) is 5.52. The van der Waals surface area contributed by atoms with E-state index in [1.165, 1.54) is 5.56 Å². The van der Waals surface area contributed by atoms with Crippen molar-refractivity contribution < 1.29 is 0 Å². The molecule has 0 atom stereocenters. The van der Waals surface area contributed by atoms with Crippen molar-refractivity contribution in [2.24, 2.45) is 11.6 Å². The lowest BCUT2D eigenvalue weighted by Gasteiger charge is -2.10. The molecule has 0 heterocycles. The molecule has 0 aromatic heterocycles. The summed E-state index contributed by atoms with van der Waals surface area (Å²) in [5.41, 5.74) is 7.56. The smallest absolute Gasteiger partial charge is 0.0628 e. The maximum absolute atomic E-state index is 5.52. The van der Waals surface area contributed by atoms with Gasteiger partial charge in [-0.05, 0) is 17.7 Å². The fourth-order valence-electron chi connectivity index (χ4n) is 1.13. The first kappa shape index (κ1) is 9.98. The number of anilines is 1. The van der Waals surface area contributed by atoms with Gasteiger partial charge >= 0.3 is 0 Å². The number of hydrogen-bond acceptors (Lipinski definition) is 4. The maximum Gasteiger partial charge on any atom is 0.0628 e. The number of rotatable bonds is 4. The highest BCUT2D eigenvalue weighted by atomic mass is 15.4. The van der Waals surface area contributed by atoms with E-state index in [0.29, 0.717) is 6.67 Å². The summed E-state index contributed by atoms with van der Waals surface area (Å²) < 4.78 is 0. The van der Waals surface area contributed by atoms with Crippen LogP contribution in [0.4, 0.5) is 5.69 Å². The topological polar surface area (TPSA) is 67.3 Å². The summed E-state index contributed by atoms with van der Waals surface area (Å²) in [7, 11) is 1.84. The van der Waals surface area contributed by atoms with Crippen LogP contribution in [0.15, 0.2) is 24.3 Å². The lowest BCUT2D eigenvalue weighted by Crippen LogP contribution is -2.24. The Morgan fingerprint density at radius 2 is 1.92 bits per heavy atom. The van der Waals surface area contributed by atoms with Gasteiger partial charge in [0.05, 0.1) is 6.67 Å². The Labute approximate surface area is 78.5 Å². The van der Waals surface area contributed by atoms with Crippen molar-refractivity contribution in [3.8, 4) is 0 Å². The summed E-state index contributed by atoms with van der Waals surface area (Å²) in [4.78, 5) is 0. The summed E-state index contributed by atoms with van der Waals surface area (Å²) in [5, 5.41) is 4.67. The lowest BCUT2D eigenvalue weighted by molar-refractivity contribution is 0.341. The van der Waals surface area contributed by atoms with Gasteiger partial charge in [-0.1, -0.05) is 12.1 Å². The van der Waals surface area contributed by atoms with Crippen molar-refractivity contribution in [2.45, 2.75) is 6.54 Å². The number of hydrogen-bond donors (Lipinski definition) is 3. The summed E-state index contributed by atoms with van der Waals surface area (Å²) in [6.45, 7) is 1.21. The second-order valence-electron chi connectivity index (χ2n) is 2.99. The van der Waals surface area contributed by atoms with E-state index in [9.17, 15) is 0 Å². The number of hydrazine groups is 1. The monoisotopic (exact) mass is 180 g/mol. The molecule has 0 amide bonds. The summed E-state index contributed by atoms with van der Waals surface area (Å²) >= 11 is 0. The molecule has 0 saturated heterocycles. The van der Waals surface area contributed by atoms with Gasteiger partial charge in [0.25, 0.3) is 0 Å². The third-order valence-electron chi connectivity index (χ3n) is 1.69. The van der Waals surface area contributed by atoms with E-state index in [2.05, 4.69) is 5.32 Å². The van der Waals surface area contributed by atoms with Crippen LogP contribution in [0.5, 0.6) is 0 Å². The van der Waals surface area contributed by atoms with Gasteiger partial charge in [-0.25, -0.2) is 5.01 Å². The minimum atomic E-state index is 0.455. The largest absolute Gasteiger partial charge is 0.373 e. The van der Waals surface area contributed by atoms with Crippen molar-refractivity contribution in [3.63, 3.8) is 0 Å². The molecule has 0 radical (unpaired) electrons. The Kier molecular flexibility index (Phi) is 3.70. The highest BCUT2D eigenvalue weighted by Crippen LogP contribution is 2.09. The first-order chi connectivity index (χ1) is 6.22. The molecule has 72 valence electrons. The van der Waals surface area contributed by atoms with Crippen LogP contribution in [-0.2, 0) is 6.54 Å². The molecule has 0 spiro atoms. The van der Waals surface area contributed by atoms with Crippen molar-refractivity contribution in [3.05, 3.63) is 29.8 Å². The standard InChI is InChI=1S/C9H16N4/c1-13(11)6-8-2-4-9(5-3-8)12-7-10/h2-5,12H,6-7,10-11H2,1H3. The molecule has 0 saturated carbocycles. The molecular formula is C9H16N4. The van der Waals surface area contributed by atoms with Crippen LogP contribution in [0.1, 0.15) is 5.56 Å². The van der Waals surface area contributed by atoms with Gasteiger partial charge in [-0.2, -0.15) is 0 Å². The van der Waals surface area contributed by atoms with Gasteiger partial charge in [-0.3, -0.25) is 5.84 Å². The van der Waals surface area contributed by atoms with E-state index in [-0.39, 0.29) is 0 Å². The van der Waals surface area contributed by atoms with Gasteiger partial charge in [0.1, 0.15) is 0 Å². The average Bonchev–Trinajstić information content (AvgIpc) is 2.08. The van der Waals surface area contributed by atoms with Crippen LogP contribution in [0.3, 0.4) is 0 Å². The molecular weight excluding hydrogens is 164 g/mol. The SMILES string of the molecule is CN(N)Cc1ccc(NCN)cc1. The first-order valence-electron chi connectivity index (χ1n) is 4.21. The maximum atomic E-state index is 5.52. The fraction of sp³-hybridized carbons (Fsp3) is 0.333. The van der Waals surface area contributed by atoms with Crippen molar-refractivity contribution in [1.82, 2.24) is 5.01 Å². The Hall–Kier alpha value is -1.10. The molecule has 0 aliphatic heterocycles. The molecule has 1 aromatic rings. The van der Waals surface area contributed by atoms with Crippen LogP contribution in [0, 0.1) is 0 Å². The number of nitrogens with zero attached hydrogens (tertiary/aromatic N) is 1. The Morgan fingerprint density at radius 3 is 2.38 bits per heavy atom. The van der Waals surface area contributed by atoms with Crippen molar-refractivity contribution in [2.75, 3.05) is 19.0 Å². The van der Waals surface area contributed by atoms with Crippen LogP contribution in [0.25, 0.3) is 0 Å². The molecule has 0 aliphatic carbocycles. The second kappa shape index (κ2) is 4.81. The van der Waals surface area contributed by atoms with E-state index >= 15 is 0 Å². The quantitative estimate of drug-likeness (QED) is 0.354. The zero-order valence-electron chi connectivity index (χ0n) is 7.83. The second-order valence-corrected chi connectivity index (χ2v) is 2.99. The first-order valence-corrected chi connectivity index (χ1v) is 4.21. The van der Waals surface area contributed by atoms with E-state index in [1.807, 2.05) is 31.3 Å². The molecule has 0 fully saturated rings. The van der Waals surface area contributed by atoms with Crippen LogP contribution in [-0.4, -0.2) is 18.7 Å². The Morgan fingerprint density at radius 1 is 1.31 bits per heavy atom. The normalized spacial score (nSPS) is 10.5. The van der Waals surface area contributed by atoms with Crippen LogP contribution < -0.4 is 16.9 Å². The number of nitrogens with two attached hydrogens (primary N) is 2. The molecule has 13 heavy (non-hydrogen) atoms. The van der Waals surface area contributed by atoms with Gasteiger partial charge < -0.3 is 11.1 Å². The molecule has 0 aliphatic rings. The third-order valence-corrected chi connectivity index (χ3v) is 1.69. The minimum absolute atomic E-state index is 0.455. The highest BCUT2D eigenvalue weighted by Gasteiger charge is 1.95. The highest BCUT2D eigenvalue weighted by molar-refractivity contribution is 5.44. The Bertz CT molecular complexity index is 242. The minimum Gasteiger partial charge on any atom is -0.373 e. The average molecular weight is 180 g/mol. The van der Waals surface area contributed by atoms with Gasteiger partial charge in [0.15, 0.2) is 0 Å². The fourth-order valence-corrected chi connectivity index (χ4v) is 1.13. The zero-order valence-corrected chi connectivity index (χ0v) is 7.83. The van der Waals surface area contributed by atoms with Crippen molar-refractivity contribution in [1.29, 1.82) is 0 Å². The van der Waals surface area contributed by atoms with Crippen LogP contribution in [0.2, 0.25) is 0 Å². The van der Waals surface area contributed by atoms with Gasteiger partial charge in [0.2, 0.25) is 0 Å². The van der Waals surface area contributed by atoms with Gasteiger partial charge in [0, 0.05) is 19.3 Å². The summed E-state index contributed by atoms with van der Waals surface area (Å²) in [6, 6.07) is 8.04. The molecule has 5 N–H and O–H groups in total. The van der Waals surface area contributed by atoms with Crippen LogP contribution >= 0.6 is 0 Å². The molecule has 1 rings (SSSR count). The van der Waals surface area contributed by atoms with E-state index in [1.54, 1.807) is 5.01 Å². The van der Waals surface area contributed by atoms with E-state index in [0.717, 1.165) is 12.2 Å². The number of nitrogens with one attached hydrogen (secondary N) is 1. The predicted octanol–water partition coefficient (Wildman–Crippen LogP) is 0.320. The lowest BCUT2D eigenvalue weighted by atomic mass is 10.2. The number of benzene rings is 1. The van der Waals surface area contributed by atoms with E-state index < -0.39 is 0 Å².